The van der Waals surface area contributed by atoms with Crippen LogP contribution in [-0.2, 0) is 12.8 Å². The van der Waals surface area contributed by atoms with Gasteiger partial charge in [0.2, 0.25) is 0 Å². The number of para-hydroxylation sites is 2. The average Bonchev–Trinajstić information content (AvgIpc) is 3.41. The number of hydrogen-bond acceptors (Lipinski definition) is 4. The minimum atomic E-state index is 0.376. The number of nitrogens with two attached hydrogens (primary N) is 1. The first-order chi connectivity index (χ1) is 16.2. The molecule has 4 rings (SSSR count). The van der Waals surface area contributed by atoms with E-state index in [0.717, 1.165) is 36.6 Å². The van der Waals surface area contributed by atoms with Crippen molar-refractivity contribution in [2.45, 2.75) is 19.3 Å². The standard InChI is InChI=1S/C25H28N8/c1-28-25(30-15-13-18-17-31-22-11-6-5-10-20(18)22)29-14-7-12-23-21(16-26)24(27)33(32-23)19-8-3-2-4-9-19/h2-6,8-11,17,31H,7,12-15,27H2,1H3,(H2,28,29,30). The second-order valence-corrected chi connectivity index (χ2v) is 7.70. The van der Waals surface area contributed by atoms with Crippen molar-refractivity contribution in [2.75, 3.05) is 25.9 Å². The summed E-state index contributed by atoms with van der Waals surface area (Å²) in [4.78, 5) is 7.61. The summed E-state index contributed by atoms with van der Waals surface area (Å²) < 4.78 is 1.63. The van der Waals surface area contributed by atoms with Crippen LogP contribution in [0, 0.1) is 11.3 Å². The quantitative estimate of drug-likeness (QED) is 0.191. The molecule has 2 heterocycles. The first kappa shape index (κ1) is 22.0. The second kappa shape index (κ2) is 10.4. The molecule has 0 unspecified atom stereocenters. The highest BCUT2D eigenvalue weighted by molar-refractivity contribution is 5.83. The summed E-state index contributed by atoms with van der Waals surface area (Å²) >= 11 is 0. The van der Waals surface area contributed by atoms with E-state index in [1.165, 1.54) is 10.9 Å². The Morgan fingerprint density at radius 1 is 1.09 bits per heavy atom. The third kappa shape index (κ3) is 4.99. The van der Waals surface area contributed by atoms with Crippen molar-refractivity contribution in [1.82, 2.24) is 25.4 Å². The van der Waals surface area contributed by atoms with Gasteiger partial charge in [-0.1, -0.05) is 36.4 Å². The molecular formula is C25H28N8. The maximum atomic E-state index is 9.55. The summed E-state index contributed by atoms with van der Waals surface area (Å²) in [6, 6.07) is 20.1. The van der Waals surface area contributed by atoms with E-state index in [9.17, 15) is 5.26 Å². The highest BCUT2D eigenvalue weighted by Gasteiger charge is 2.16. The number of nitriles is 1. The summed E-state index contributed by atoms with van der Waals surface area (Å²) in [7, 11) is 1.76. The number of fused-ring (bicyclic) bond motifs is 1. The highest BCUT2D eigenvalue weighted by Crippen LogP contribution is 2.21. The van der Waals surface area contributed by atoms with Crippen LogP contribution in [0.25, 0.3) is 16.6 Å². The van der Waals surface area contributed by atoms with Crippen LogP contribution >= 0.6 is 0 Å². The number of aromatic amines is 1. The monoisotopic (exact) mass is 440 g/mol. The normalized spacial score (nSPS) is 11.5. The Morgan fingerprint density at radius 2 is 1.85 bits per heavy atom. The molecule has 33 heavy (non-hydrogen) atoms. The molecule has 8 nitrogen and oxygen atoms in total. The van der Waals surface area contributed by atoms with Crippen LogP contribution in [0.4, 0.5) is 5.82 Å². The first-order valence-corrected chi connectivity index (χ1v) is 11.0. The van der Waals surface area contributed by atoms with Crippen LogP contribution in [0.15, 0.2) is 65.8 Å². The van der Waals surface area contributed by atoms with Gasteiger partial charge in [-0.3, -0.25) is 4.99 Å². The topological polar surface area (TPSA) is 120 Å². The van der Waals surface area contributed by atoms with Gasteiger partial charge >= 0.3 is 0 Å². The predicted molar refractivity (Wildman–Crippen MR) is 132 cm³/mol. The van der Waals surface area contributed by atoms with Crippen molar-refractivity contribution in [1.29, 1.82) is 5.26 Å². The third-order valence-electron chi connectivity index (χ3n) is 5.57. The second-order valence-electron chi connectivity index (χ2n) is 7.70. The number of nitrogens with one attached hydrogen (secondary N) is 3. The average molecular weight is 441 g/mol. The molecule has 0 aliphatic carbocycles. The van der Waals surface area contributed by atoms with Crippen molar-refractivity contribution >= 4 is 22.7 Å². The molecular weight excluding hydrogens is 412 g/mol. The van der Waals surface area contributed by atoms with E-state index in [2.05, 4.69) is 56.2 Å². The maximum absolute atomic E-state index is 9.55. The Labute approximate surface area is 193 Å². The smallest absolute Gasteiger partial charge is 0.190 e. The van der Waals surface area contributed by atoms with Gasteiger partial charge < -0.3 is 21.4 Å². The van der Waals surface area contributed by atoms with Crippen molar-refractivity contribution in [3.8, 4) is 11.8 Å². The summed E-state index contributed by atoms with van der Waals surface area (Å²) in [5, 5.41) is 22.1. The fourth-order valence-corrected chi connectivity index (χ4v) is 3.88. The Bertz CT molecular complexity index is 1280. The lowest BCUT2D eigenvalue weighted by Gasteiger charge is -2.11. The van der Waals surface area contributed by atoms with Crippen LogP contribution in [0.2, 0.25) is 0 Å². The SMILES string of the molecule is CN=C(NCCCc1nn(-c2ccccc2)c(N)c1C#N)NCCc1c[nH]c2ccccc12. The number of nitrogens with zero attached hydrogens (tertiary/aromatic N) is 4. The van der Waals surface area contributed by atoms with Crippen molar-refractivity contribution in [2.24, 2.45) is 4.99 Å². The number of benzene rings is 2. The van der Waals surface area contributed by atoms with E-state index in [1.807, 2.05) is 36.4 Å². The molecule has 0 spiro atoms. The van der Waals surface area contributed by atoms with E-state index in [-0.39, 0.29) is 0 Å². The Hall–Kier alpha value is -4.25. The van der Waals surface area contributed by atoms with Gasteiger partial charge in [0, 0.05) is 37.2 Å². The lowest BCUT2D eigenvalue weighted by Crippen LogP contribution is -2.38. The number of aliphatic imine (C=N–C) groups is 1. The molecule has 0 amide bonds. The Morgan fingerprint density at radius 3 is 2.64 bits per heavy atom. The zero-order valence-corrected chi connectivity index (χ0v) is 18.7. The van der Waals surface area contributed by atoms with Gasteiger partial charge in [-0.2, -0.15) is 10.4 Å². The molecule has 2 aromatic heterocycles. The van der Waals surface area contributed by atoms with Gasteiger partial charge in [0.1, 0.15) is 17.5 Å². The van der Waals surface area contributed by atoms with Gasteiger partial charge in [-0.05, 0) is 43.0 Å². The molecule has 0 fully saturated rings. The van der Waals surface area contributed by atoms with E-state index < -0.39 is 0 Å². The lowest BCUT2D eigenvalue weighted by molar-refractivity contribution is 0.720. The molecule has 4 aromatic rings. The summed E-state index contributed by atoms with van der Waals surface area (Å²) in [5.41, 5.74) is 10.6. The molecule has 0 saturated carbocycles. The fourth-order valence-electron chi connectivity index (χ4n) is 3.88. The van der Waals surface area contributed by atoms with Crippen LogP contribution in [0.1, 0.15) is 23.2 Å². The molecule has 0 atom stereocenters. The maximum Gasteiger partial charge on any atom is 0.190 e. The number of nitrogen functional groups attached to an aromatic ring is 1. The Balaban J connectivity index is 1.27. The molecule has 2 aromatic carbocycles. The van der Waals surface area contributed by atoms with Crippen molar-refractivity contribution in [3.63, 3.8) is 0 Å². The van der Waals surface area contributed by atoms with E-state index in [0.29, 0.717) is 30.0 Å². The van der Waals surface area contributed by atoms with E-state index in [1.54, 1.807) is 11.7 Å². The van der Waals surface area contributed by atoms with Crippen LogP contribution in [0.5, 0.6) is 0 Å². The fraction of sp³-hybridized carbons (Fsp3) is 0.240. The van der Waals surface area contributed by atoms with E-state index >= 15 is 0 Å². The van der Waals surface area contributed by atoms with E-state index in [4.69, 9.17) is 5.73 Å². The van der Waals surface area contributed by atoms with Gasteiger partial charge in [-0.15, -0.1) is 0 Å². The summed E-state index contributed by atoms with van der Waals surface area (Å²) in [6.07, 6.45) is 4.40. The first-order valence-electron chi connectivity index (χ1n) is 11.0. The Kier molecular flexibility index (Phi) is 6.90. The number of hydrogen-bond donors (Lipinski definition) is 4. The van der Waals surface area contributed by atoms with Crippen molar-refractivity contribution < 1.29 is 0 Å². The molecule has 5 N–H and O–H groups in total. The van der Waals surface area contributed by atoms with Crippen molar-refractivity contribution in [3.05, 3.63) is 77.6 Å². The van der Waals surface area contributed by atoms with Gasteiger partial charge in [0.25, 0.3) is 0 Å². The molecule has 168 valence electrons. The molecule has 8 heteroatoms. The van der Waals surface area contributed by atoms with Gasteiger partial charge in [-0.25, -0.2) is 4.68 Å². The number of anilines is 1. The van der Waals surface area contributed by atoms with Gasteiger partial charge in [0.15, 0.2) is 5.96 Å². The number of aryl methyl sites for hydroxylation is 1. The summed E-state index contributed by atoms with van der Waals surface area (Å²) in [6.45, 7) is 1.48. The highest BCUT2D eigenvalue weighted by atomic mass is 15.3. The predicted octanol–water partition coefficient (Wildman–Crippen LogP) is 3.15. The zero-order valence-electron chi connectivity index (χ0n) is 18.7. The van der Waals surface area contributed by atoms with Crippen LogP contribution in [-0.4, -0.2) is 40.9 Å². The minimum absolute atomic E-state index is 0.376. The number of aromatic nitrogens is 3. The lowest BCUT2D eigenvalue weighted by atomic mass is 10.1. The van der Waals surface area contributed by atoms with Gasteiger partial charge in [0.05, 0.1) is 11.4 Å². The molecule has 0 radical (unpaired) electrons. The number of guanidine groups is 1. The molecule has 0 bridgehead atoms. The molecule has 0 aliphatic rings. The molecule has 0 saturated heterocycles. The van der Waals surface area contributed by atoms with Crippen LogP contribution in [0.3, 0.4) is 0 Å². The zero-order chi connectivity index (χ0) is 23.0. The largest absolute Gasteiger partial charge is 0.382 e. The number of rotatable bonds is 8. The third-order valence-corrected chi connectivity index (χ3v) is 5.57. The minimum Gasteiger partial charge on any atom is -0.382 e. The number of H-pyrrole nitrogens is 1. The molecule has 0 aliphatic heterocycles. The summed E-state index contributed by atoms with van der Waals surface area (Å²) in [5.74, 6) is 1.13. The van der Waals surface area contributed by atoms with Crippen LogP contribution < -0.4 is 16.4 Å².